The summed E-state index contributed by atoms with van der Waals surface area (Å²) in [5.74, 6) is 1.42. The SMILES string of the molecule is CNC(CN(CC(C)C)CC(C)C)c1cc(C)ccc1C. The smallest absolute Gasteiger partial charge is 0.0449 e. The highest BCUT2D eigenvalue weighted by Crippen LogP contribution is 2.21. The van der Waals surface area contributed by atoms with E-state index in [4.69, 9.17) is 0 Å². The maximum Gasteiger partial charge on any atom is 0.0449 e. The first-order valence-electron chi connectivity index (χ1n) is 8.30. The van der Waals surface area contributed by atoms with Gasteiger partial charge in [0.15, 0.2) is 0 Å². The lowest BCUT2D eigenvalue weighted by Gasteiger charge is -2.31. The summed E-state index contributed by atoms with van der Waals surface area (Å²) in [7, 11) is 2.08. The van der Waals surface area contributed by atoms with Crippen LogP contribution in [0.4, 0.5) is 0 Å². The molecule has 21 heavy (non-hydrogen) atoms. The van der Waals surface area contributed by atoms with Crippen molar-refractivity contribution in [1.29, 1.82) is 0 Å². The summed E-state index contributed by atoms with van der Waals surface area (Å²) in [6.07, 6.45) is 0. The van der Waals surface area contributed by atoms with Crippen molar-refractivity contribution in [3.63, 3.8) is 0 Å². The number of rotatable bonds is 8. The minimum absolute atomic E-state index is 0.405. The fraction of sp³-hybridized carbons (Fsp3) is 0.684. The quantitative estimate of drug-likeness (QED) is 0.772. The summed E-state index contributed by atoms with van der Waals surface area (Å²) in [6.45, 7) is 17.0. The number of likely N-dealkylation sites (N-methyl/N-ethyl adjacent to an activating group) is 1. The van der Waals surface area contributed by atoms with E-state index in [1.165, 1.54) is 29.8 Å². The topological polar surface area (TPSA) is 15.3 Å². The first-order chi connectivity index (χ1) is 9.83. The van der Waals surface area contributed by atoms with Crippen LogP contribution in [0.2, 0.25) is 0 Å². The van der Waals surface area contributed by atoms with Crippen LogP contribution in [0.15, 0.2) is 18.2 Å². The molecule has 2 nitrogen and oxygen atoms in total. The fourth-order valence-corrected chi connectivity index (χ4v) is 3.00. The van der Waals surface area contributed by atoms with E-state index in [0.717, 1.165) is 6.54 Å². The van der Waals surface area contributed by atoms with Gasteiger partial charge in [0, 0.05) is 25.7 Å². The van der Waals surface area contributed by atoms with Gasteiger partial charge in [0.1, 0.15) is 0 Å². The lowest BCUT2D eigenvalue weighted by molar-refractivity contribution is 0.200. The van der Waals surface area contributed by atoms with Crippen molar-refractivity contribution < 1.29 is 0 Å². The zero-order valence-electron chi connectivity index (χ0n) is 15.0. The van der Waals surface area contributed by atoms with Crippen molar-refractivity contribution in [1.82, 2.24) is 10.2 Å². The first kappa shape index (κ1) is 18.2. The Morgan fingerprint density at radius 1 is 0.952 bits per heavy atom. The molecule has 0 bridgehead atoms. The maximum absolute atomic E-state index is 3.52. The number of hydrogen-bond acceptors (Lipinski definition) is 2. The molecule has 0 fully saturated rings. The van der Waals surface area contributed by atoms with Gasteiger partial charge in [-0.15, -0.1) is 0 Å². The molecule has 0 aromatic heterocycles. The minimum atomic E-state index is 0.405. The van der Waals surface area contributed by atoms with Crippen LogP contribution in [0.5, 0.6) is 0 Å². The number of hydrogen-bond donors (Lipinski definition) is 1. The molecule has 1 aromatic carbocycles. The van der Waals surface area contributed by atoms with Gasteiger partial charge < -0.3 is 10.2 Å². The summed E-state index contributed by atoms with van der Waals surface area (Å²) in [4.78, 5) is 2.61. The summed E-state index contributed by atoms with van der Waals surface area (Å²) in [6, 6.07) is 7.18. The lowest BCUT2D eigenvalue weighted by atomic mass is 9.98. The predicted octanol–water partition coefficient (Wildman–Crippen LogP) is 4.18. The summed E-state index contributed by atoms with van der Waals surface area (Å²) in [5, 5.41) is 3.52. The molecule has 0 amide bonds. The second kappa shape index (κ2) is 8.55. The van der Waals surface area contributed by atoms with E-state index in [9.17, 15) is 0 Å². The molecule has 1 rings (SSSR count). The van der Waals surface area contributed by atoms with Crippen LogP contribution in [0.25, 0.3) is 0 Å². The van der Waals surface area contributed by atoms with Crippen molar-refractivity contribution in [3.05, 3.63) is 34.9 Å². The Morgan fingerprint density at radius 2 is 1.52 bits per heavy atom. The van der Waals surface area contributed by atoms with Crippen LogP contribution >= 0.6 is 0 Å². The molecule has 1 unspecified atom stereocenters. The number of nitrogens with one attached hydrogen (secondary N) is 1. The van der Waals surface area contributed by atoms with Crippen molar-refractivity contribution in [2.75, 3.05) is 26.7 Å². The van der Waals surface area contributed by atoms with Crippen molar-refractivity contribution >= 4 is 0 Å². The molecule has 0 radical (unpaired) electrons. The molecule has 1 atom stereocenters. The Hall–Kier alpha value is -0.860. The molecule has 1 N–H and O–H groups in total. The Kier molecular flexibility index (Phi) is 7.41. The zero-order chi connectivity index (χ0) is 16.0. The second-order valence-corrected chi connectivity index (χ2v) is 7.21. The van der Waals surface area contributed by atoms with E-state index in [-0.39, 0.29) is 0 Å². The molecule has 0 aliphatic heterocycles. The van der Waals surface area contributed by atoms with E-state index >= 15 is 0 Å². The van der Waals surface area contributed by atoms with E-state index in [0.29, 0.717) is 17.9 Å². The third kappa shape index (κ3) is 6.19. The third-order valence-corrected chi connectivity index (χ3v) is 3.85. The molecule has 0 saturated carbocycles. The molecule has 0 spiro atoms. The fourth-order valence-electron chi connectivity index (χ4n) is 3.00. The molecule has 0 saturated heterocycles. The highest BCUT2D eigenvalue weighted by Gasteiger charge is 2.18. The van der Waals surface area contributed by atoms with Gasteiger partial charge in [0.2, 0.25) is 0 Å². The average Bonchev–Trinajstić information content (AvgIpc) is 2.37. The first-order valence-corrected chi connectivity index (χ1v) is 8.30. The van der Waals surface area contributed by atoms with Crippen LogP contribution in [0, 0.1) is 25.7 Å². The minimum Gasteiger partial charge on any atom is -0.312 e. The Morgan fingerprint density at radius 3 is 2.00 bits per heavy atom. The summed E-state index contributed by atoms with van der Waals surface area (Å²) >= 11 is 0. The Labute approximate surface area is 131 Å². The van der Waals surface area contributed by atoms with Gasteiger partial charge in [-0.3, -0.25) is 0 Å². The van der Waals surface area contributed by atoms with Gasteiger partial charge >= 0.3 is 0 Å². The van der Waals surface area contributed by atoms with Crippen molar-refractivity contribution in [3.8, 4) is 0 Å². The van der Waals surface area contributed by atoms with Crippen LogP contribution in [0.3, 0.4) is 0 Å². The van der Waals surface area contributed by atoms with E-state index in [1.54, 1.807) is 0 Å². The second-order valence-electron chi connectivity index (χ2n) is 7.21. The monoisotopic (exact) mass is 290 g/mol. The molecule has 120 valence electrons. The van der Waals surface area contributed by atoms with Gasteiger partial charge in [-0.1, -0.05) is 51.5 Å². The van der Waals surface area contributed by atoms with Gasteiger partial charge in [0.05, 0.1) is 0 Å². The molecule has 0 aliphatic rings. The average molecular weight is 290 g/mol. The Bertz CT molecular complexity index is 414. The maximum atomic E-state index is 3.52. The van der Waals surface area contributed by atoms with Gasteiger partial charge in [-0.05, 0) is 43.9 Å². The van der Waals surface area contributed by atoms with E-state index < -0.39 is 0 Å². The van der Waals surface area contributed by atoms with Gasteiger partial charge in [-0.2, -0.15) is 0 Å². The van der Waals surface area contributed by atoms with Crippen molar-refractivity contribution in [2.45, 2.75) is 47.6 Å². The van der Waals surface area contributed by atoms with Crippen molar-refractivity contribution in [2.24, 2.45) is 11.8 Å². The van der Waals surface area contributed by atoms with E-state index in [1.807, 2.05) is 0 Å². The molecule has 1 aromatic rings. The standard InChI is InChI=1S/C19H34N2/c1-14(2)11-21(12-15(3)4)13-19(20-7)18-10-16(5)8-9-17(18)6/h8-10,14-15,19-20H,11-13H2,1-7H3. The highest BCUT2D eigenvalue weighted by atomic mass is 15.1. The Balaban J connectivity index is 2.88. The molecule has 0 heterocycles. The normalized spacial score (nSPS) is 13.4. The number of benzene rings is 1. The number of aryl methyl sites for hydroxylation is 2. The molecular weight excluding hydrogens is 256 g/mol. The van der Waals surface area contributed by atoms with Crippen LogP contribution in [-0.2, 0) is 0 Å². The summed E-state index contributed by atoms with van der Waals surface area (Å²) in [5.41, 5.74) is 4.17. The zero-order valence-corrected chi connectivity index (χ0v) is 15.0. The predicted molar refractivity (Wildman–Crippen MR) is 93.8 cm³/mol. The van der Waals surface area contributed by atoms with Gasteiger partial charge in [-0.25, -0.2) is 0 Å². The number of nitrogens with zero attached hydrogens (tertiary/aromatic N) is 1. The van der Waals surface area contributed by atoms with E-state index in [2.05, 4.69) is 77.0 Å². The molecule has 2 heteroatoms. The van der Waals surface area contributed by atoms with Crippen LogP contribution in [0.1, 0.15) is 50.4 Å². The lowest BCUT2D eigenvalue weighted by Crippen LogP contribution is -2.38. The largest absolute Gasteiger partial charge is 0.312 e. The van der Waals surface area contributed by atoms with Crippen LogP contribution in [-0.4, -0.2) is 31.6 Å². The third-order valence-electron chi connectivity index (χ3n) is 3.85. The van der Waals surface area contributed by atoms with Gasteiger partial charge in [0.25, 0.3) is 0 Å². The van der Waals surface area contributed by atoms with Crippen LogP contribution < -0.4 is 5.32 Å². The molecular formula is C19H34N2. The summed E-state index contributed by atoms with van der Waals surface area (Å²) < 4.78 is 0. The highest BCUT2D eigenvalue weighted by molar-refractivity contribution is 5.33. The molecule has 0 aliphatic carbocycles.